The molecular weight excluding hydrogens is 234 g/mol. The van der Waals surface area contributed by atoms with Crippen LogP contribution in [0.15, 0.2) is 42.6 Å². The summed E-state index contributed by atoms with van der Waals surface area (Å²) in [6.45, 7) is 2.89. The summed E-state index contributed by atoms with van der Waals surface area (Å²) in [6, 6.07) is 13.0. The van der Waals surface area contributed by atoms with Crippen molar-refractivity contribution in [3.05, 3.63) is 65.0 Å². The molecule has 3 nitrogen and oxygen atoms in total. The fourth-order valence-corrected chi connectivity index (χ4v) is 2.79. The van der Waals surface area contributed by atoms with Gasteiger partial charge >= 0.3 is 0 Å². The Morgan fingerprint density at radius 3 is 2.79 bits per heavy atom. The summed E-state index contributed by atoms with van der Waals surface area (Å²) in [5.74, 6) is 0. The highest BCUT2D eigenvalue weighted by molar-refractivity contribution is 5.37. The maximum atomic E-state index is 6.18. The highest BCUT2D eigenvalue weighted by Gasteiger charge is 2.27. The molecule has 0 aliphatic heterocycles. The van der Waals surface area contributed by atoms with E-state index in [1.165, 1.54) is 16.7 Å². The molecule has 3 heteroatoms. The normalized spacial score (nSPS) is 21.4. The third-order valence-electron chi connectivity index (χ3n) is 3.89. The van der Waals surface area contributed by atoms with E-state index >= 15 is 0 Å². The molecular formula is C16H19N3. The number of hydrogen-bond donors (Lipinski definition) is 2. The molecule has 0 bridgehead atoms. The molecule has 1 aromatic carbocycles. The average Bonchev–Trinajstić information content (AvgIpc) is 2.75. The molecule has 2 unspecified atom stereocenters. The van der Waals surface area contributed by atoms with Gasteiger partial charge in [-0.05, 0) is 36.1 Å². The van der Waals surface area contributed by atoms with Gasteiger partial charge in [0.1, 0.15) is 0 Å². The number of rotatable bonds is 3. The highest BCUT2D eigenvalue weighted by Crippen LogP contribution is 2.36. The SMILES string of the molecule is Cc1cccnc1CNC1CC(N)c2ccccc21. The first kappa shape index (κ1) is 12.3. The van der Waals surface area contributed by atoms with Crippen LogP contribution >= 0.6 is 0 Å². The summed E-state index contributed by atoms with van der Waals surface area (Å²) >= 11 is 0. The van der Waals surface area contributed by atoms with E-state index in [4.69, 9.17) is 5.73 Å². The molecule has 0 amide bonds. The van der Waals surface area contributed by atoms with Crippen LogP contribution in [0.5, 0.6) is 0 Å². The average molecular weight is 253 g/mol. The van der Waals surface area contributed by atoms with Crippen molar-refractivity contribution in [1.29, 1.82) is 0 Å². The Bertz CT molecular complexity index is 580. The lowest BCUT2D eigenvalue weighted by Gasteiger charge is -2.14. The van der Waals surface area contributed by atoms with Gasteiger partial charge in [0.25, 0.3) is 0 Å². The summed E-state index contributed by atoms with van der Waals surface area (Å²) in [5, 5.41) is 3.58. The third kappa shape index (κ3) is 2.39. The molecule has 0 saturated heterocycles. The van der Waals surface area contributed by atoms with Crippen LogP contribution in [-0.4, -0.2) is 4.98 Å². The van der Waals surface area contributed by atoms with Gasteiger partial charge in [-0.15, -0.1) is 0 Å². The molecule has 0 radical (unpaired) electrons. The minimum absolute atomic E-state index is 0.151. The first-order chi connectivity index (χ1) is 9.25. The number of nitrogens with one attached hydrogen (secondary N) is 1. The summed E-state index contributed by atoms with van der Waals surface area (Å²) < 4.78 is 0. The zero-order chi connectivity index (χ0) is 13.2. The largest absolute Gasteiger partial charge is 0.324 e. The topological polar surface area (TPSA) is 50.9 Å². The van der Waals surface area contributed by atoms with Crippen molar-refractivity contribution in [3.8, 4) is 0 Å². The van der Waals surface area contributed by atoms with Gasteiger partial charge in [0.2, 0.25) is 0 Å². The van der Waals surface area contributed by atoms with Crippen molar-refractivity contribution in [1.82, 2.24) is 10.3 Å². The lowest BCUT2D eigenvalue weighted by Crippen LogP contribution is -2.20. The number of pyridine rings is 1. The first-order valence-electron chi connectivity index (χ1n) is 6.74. The molecule has 3 rings (SSSR count). The van der Waals surface area contributed by atoms with Crippen LogP contribution in [0.2, 0.25) is 0 Å². The number of hydrogen-bond acceptors (Lipinski definition) is 3. The van der Waals surface area contributed by atoms with E-state index in [0.717, 1.165) is 18.7 Å². The van der Waals surface area contributed by atoms with E-state index in [0.29, 0.717) is 6.04 Å². The monoisotopic (exact) mass is 253 g/mol. The number of nitrogens with zero attached hydrogens (tertiary/aromatic N) is 1. The van der Waals surface area contributed by atoms with Gasteiger partial charge in [0.05, 0.1) is 5.69 Å². The minimum atomic E-state index is 0.151. The number of nitrogens with two attached hydrogens (primary N) is 1. The van der Waals surface area contributed by atoms with Gasteiger partial charge in [-0.1, -0.05) is 30.3 Å². The van der Waals surface area contributed by atoms with Crippen LogP contribution in [0, 0.1) is 6.92 Å². The molecule has 19 heavy (non-hydrogen) atoms. The van der Waals surface area contributed by atoms with E-state index in [1.54, 1.807) is 0 Å². The van der Waals surface area contributed by atoms with Crippen LogP contribution < -0.4 is 11.1 Å². The zero-order valence-electron chi connectivity index (χ0n) is 11.1. The highest BCUT2D eigenvalue weighted by atomic mass is 14.9. The fraction of sp³-hybridized carbons (Fsp3) is 0.312. The zero-order valence-corrected chi connectivity index (χ0v) is 11.1. The summed E-state index contributed by atoms with van der Waals surface area (Å²) in [6.07, 6.45) is 2.81. The van der Waals surface area contributed by atoms with Gasteiger partial charge in [-0.25, -0.2) is 0 Å². The molecule has 3 N–H and O–H groups in total. The Morgan fingerprint density at radius 1 is 1.21 bits per heavy atom. The van der Waals surface area contributed by atoms with Crippen LogP contribution in [0.25, 0.3) is 0 Å². The standard InChI is InChI=1S/C16H19N3/c1-11-5-4-8-18-16(11)10-19-15-9-14(17)12-6-2-3-7-13(12)15/h2-8,14-15,19H,9-10,17H2,1H3. The van der Waals surface area contributed by atoms with Crippen LogP contribution in [0.3, 0.4) is 0 Å². The predicted octanol–water partition coefficient (Wildman–Crippen LogP) is 2.62. The lowest BCUT2D eigenvalue weighted by molar-refractivity contribution is 0.494. The van der Waals surface area contributed by atoms with Crippen LogP contribution in [-0.2, 0) is 6.54 Å². The molecule has 2 aromatic rings. The molecule has 0 spiro atoms. The second kappa shape index (κ2) is 5.11. The number of aromatic nitrogens is 1. The lowest BCUT2D eigenvalue weighted by atomic mass is 10.1. The summed E-state index contributed by atoms with van der Waals surface area (Å²) in [4.78, 5) is 4.42. The maximum Gasteiger partial charge on any atom is 0.0570 e. The molecule has 1 aromatic heterocycles. The van der Waals surface area contributed by atoms with E-state index in [-0.39, 0.29) is 6.04 Å². The van der Waals surface area contributed by atoms with E-state index in [2.05, 4.69) is 47.6 Å². The Morgan fingerprint density at radius 2 is 2.00 bits per heavy atom. The predicted molar refractivity (Wildman–Crippen MR) is 76.5 cm³/mol. The fourth-order valence-electron chi connectivity index (χ4n) is 2.79. The van der Waals surface area contributed by atoms with E-state index < -0.39 is 0 Å². The first-order valence-corrected chi connectivity index (χ1v) is 6.74. The second-order valence-corrected chi connectivity index (χ2v) is 5.17. The molecule has 98 valence electrons. The Kier molecular flexibility index (Phi) is 3.32. The molecule has 1 aliphatic rings. The van der Waals surface area contributed by atoms with Gasteiger partial charge in [0, 0.05) is 24.8 Å². The Labute approximate surface area is 113 Å². The van der Waals surface area contributed by atoms with E-state index in [1.807, 2.05) is 12.3 Å². The molecule has 1 aliphatic carbocycles. The smallest absolute Gasteiger partial charge is 0.0570 e. The van der Waals surface area contributed by atoms with Crippen molar-refractivity contribution in [2.45, 2.75) is 32.0 Å². The maximum absolute atomic E-state index is 6.18. The van der Waals surface area contributed by atoms with E-state index in [9.17, 15) is 0 Å². The molecule has 2 atom stereocenters. The van der Waals surface area contributed by atoms with Crippen molar-refractivity contribution in [2.75, 3.05) is 0 Å². The second-order valence-electron chi connectivity index (χ2n) is 5.17. The minimum Gasteiger partial charge on any atom is -0.324 e. The number of aryl methyl sites for hydroxylation is 1. The Balaban J connectivity index is 1.74. The quantitative estimate of drug-likeness (QED) is 0.884. The van der Waals surface area contributed by atoms with Gasteiger partial charge < -0.3 is 11.1 Å². The number of benzene rings is 1. The molecule has 0 saturated carbocycles. The summed E-state index contributed by atoms with van der Waals surface area (Å²) in [5.41, 5.74) is 11.1. The van der Waals surface area contributed by atoms with Crippen molar-refractivity contribution in [3.63, 3.8) is 0 Å². The van der Waals surface area contributed by atoms with Crippen molar-refractivity contribution in [2.24, 2.45) is 5.73 Å². The summed E-state index contributed by atoms with van der Waals surface area (Å²) in [7, 11) is 0. The molecule has 1 heterocycles. The number of fused-ring (bicyclic) bond motifs is 1. The molecule has 0 fully saturated rings. The van der Waals surface area contributed by atoms with Crippen LogP contribution in [0.1, 0.15) is 40.9 Å². The van der Waals surface area contributed by atoms with Gasteiger partial charge in [-0.2, -0.15) is 0 Å². The van der Waals surface area contributed by atoms with Gasteiger partial charge in [-0.3, -0.25) is 4.98 Å². The van der Waals surface area contributed by atoms with Gasteiger partial charge in [0.15, 0.2) is 0 Å². The van der Waals surface area contributed by atoms with Crippen LogP contribution in [0.4, 0.5) is 0 Å². The van der Waals surface area contributed by atoms with Crippen molar-refractivity contribution < 1.29 is 0 Å². The Hall–Kier alpha value is -1.71. The third-order valence-corrected chi connectivity index (χ3v) is 3.89. The van der Waals surface area contributed by atoms with Crippen molar-refractivity contribution >= 4 is 0 Å².